The molecule has 4 aromatic rings. The van der Waals surface area contributed by atoms with Gasteiger partial charge in [-0.1, -0.05) is 18.2 Å². The summed E-state index contributed by atoms with van der Waals surface area (Å²) in [5.74, 6) is 2.00. The molecule has 1 amide bonds. The van der Waals surface area contributed by atoms with Gasteiger partial charge in [-0.05, 0) is 61.4 Å². The Kier molecular flexibility index (Phi) is 5.03. The average molecular weight is 426 g/mol. The molecular weight excluding hydrogens is 404 g/mol. The molecule has 5 rings (SSSR count). The van der Waals surface area contributed by atoms with Crippen LogP contribution in [-0.2, 0) is 10.2 Å². The van der Waals surface area contributed by atoms with Crippen molar-refractivity contribution < 1.29 is 9.53 Å². The van der Waals surface area contributed by atoms with Crippen molar-refractivity contribution in [2.45, 2.75) is 18.3 Å². The summed E-state index contributed by atoms with van der Waals surface area (Å²) in [5.41, 5.74) is 2.00. The summed E-state index contributed by atoms with van der Waals surface area (Å²) in [6.07, 6.45) is 5.12. The number of carbonyl (C=O) groups is 1. The van der Waals surface area contributed by atoms with Crippen molar-refractivity contribution >= 4 is 23.1 Å². The highest BCUT2D eigenvalue weighted by Crippen LogP contribution is 2.52. The lowest BCUT2D eigenvalue weighted by atomic mass is 9.94. The number of hydrogen-bond acceptors (Lipinski definition) is 6. The number of aromatic nitrogens is 4. The Morgan fingerprint density at radius 3 is 2.41 bits per heavy atom. The van der Waals surface area contributed by atoms with Crippen molar-refractivity contribution in [1.29, 1.82) is 0 Å². The third-order valence-corrected chi connectivity index (χ3v) is 5.61. The Morgan fingerprint density at radius 2 is 1.75 bits per heavy atom. The van der Waals surface area contributed by atoms with Crippen LogP contribution in [0, 0.1) is 0 Å². The Morgan fingerprint density at radius 1 is 0.969 bits per heavy atom. The molecule has 0 radical (unpaired) electrons. The van der Waals surface area contributed by atoms with E-state index in [1.807, 2.05) is 72.9 Å². The zero-order chi connectivity index (χ0) is 22.0. The van der Waals surface area contributed by atoms with Crippen molar-refractivity contribution in [1.82, 2.24) is 20.0 Å². The molecule has 2 aromatic carbocycles. The van der Waals surface area contributed by atoms with Crippen molar-refractivity contribution in [2.75, 3.05) is 17.7 Å². The van der Waals surface area contributed by atoms with Crippen molar-refractivity contribution in [3.8, 4) is 11.6 Å². The van der Waals surface area contributed by atoms with E-state index in [2.05, 4.69) is 25.9 Å². The van der Waals surface area contributed by atoms with Crippen molar-refractivity contribution in [3.63, 3.8) is 0 Å². The van der Waals surface area contributed by atoms with Crippen LogP contribution in [0.25, 0.3) is 5.82 Å². The first-order valence-electron chi connectivity index (χ1n) is 10.3. The number of hydrogen-bond donors (Lipinski definition) is 2. The van der Waals surface area contributed by atoms with Crippen LogP contribution in [-0.4, -0.2) is 33.0 Å². The standard InChI is InChI=1S/C24H22N6O2/c1-32-20-6-3-2-5-19(20)24(13-14-24)23(31)27-18-9-7-17(8-10-18)26-21-11-12-22(29-28-21)30-16-4-15-25-30/h2-12,15-16H,13-14H2,1H3,(H,26,28)(H,27,31). The first kappa shape index (κ1) is 19.7. The minimum Gasteiger partial charge on any atom is -0.496 e. The first-order chi connectivity index (χ1) is 15.7. The molecule has 32 heavy (non-hydrogen) atoms. The molecule has 0 aliphatic heterocycles. The van der Waals surface area contributed by atoms with Crippen molar-refractivity contribution in [2.24, 2.45) is 0 Å². The Labute approximate surface area is 185 Å². The molecular formula is C24H22N6O2. The van der Waals surface area contributed by atoms with Crippen LogP contribution < -0.4 is 15.4 Å². The summed E-state index contributed by atoms with van der Waals surface area (Å²) < 4.78 is 7.11. The Hall–Kier alpha value is -4.20. The third kappa shape index (κ3) is 3.78. The van der Waals surface area contributed by atoms with E-state index in [4.69, 9.17) is 4.74 Å². The highest BCUT2D eigenvalue weighted by molar-refractivity contribution is 6.02. The van der Waals surface area contributed by atoms with Crippen LogP contribution in [0.3, 0.4) is 0 Å². The number of anilines is 3. The molecule has 0 spiro atoms. The number of carbonyl (C=O) groups excluding carboxylic acids is 1. The summed E-state index contributed by atoms with van der Waals surface area (Å²) in [6.45, 7) is 0. The van der Waals surface area contributed by atoms with Gasteiger partial charge in [0.25, 0.3) is 0 Å². The van der Waals surface area contributed by atoms with Crippen LogP contribution in [0.1, 0.15) is 18.4 Å². The summed E-state index contributed by atoms with van der Waals surface area (Å²) in [7, 11) is 1.63. The van der Waals surface area contributed by atoms with Gasteiger partial charge in [0.15, 0.2) is 11.6 Å². The van der Waals surface area contributed by atoms with Gasteiger partial charge >= 0.3 is 0 Å². The van der Waals surface area contributed by atoms with Gasteiger partial charge in [0, 0.05) is 29.3 Å². The van der Waals surface area contributed by atoms with Crippen LogP contribution >= 0.6 is 0 Å². The molecule has 8 heteroatoms. The maximum absolute atomic E-state index is 13.1. The fraction of sp³-hybridized carbons (Fsp3) is 0.167. The van der Waals surface area contributed by atoms with Gasteiger partial charge in [0.1, 0.15) is 5.75 Å². The van der Waals surface area contributed by atoms with Crippen molar-refractivity contribution in [3.05, 3.63) is 84.7 Å². The lowest BCUT2D eigenvalue weighted by Crippen LogP contribution is -2.28. The molecule has 8 nitrogen and oxygen atoms in total. The van der Waals surface area contributed by atoms with Gasteiger partial charge in [0.2, 0.25) is 5.91 Å². The largest absolute Gasteiger partial charge is 0.496 e. The smallest absolute Gasteiger partial charge is 0.235 e. The van der Waals surface area contributed by atoms with E-state index in [1.54, 1.807) is 18.0 Å². The van der Waals surface area contributed by atoms with E-state index in [0.29, 0.717) is 11.6 Å². The normalized spacial score (nSPS) is 13.9. The van der Waals surface area contributed by atoms with Crippen LogP contribution in [0.5, 0.6) is 5.75 Å². The molecule has 2 heterocycles. The molecule has 1 aliphatic carbocycles. The van der Waals surface area contributed by atoms with E-state index in [-0.39, 0.29) is 5.91 Å². The number of amides is 1. The van der Waals surface area contributed by atoms with Gasteiger partial charge in [-0.25, -0.2) is 4.68 Å². The van der Waals surface area contributed by atoms with E-state index in [0.717, 1.165) is 35.5 Å². The monoisotopic (exact) mass is 426 g/mol. The zero-order valence-electron chi connectivity index (χ0n) is 17.5. The van der Waals surface area contributed by atoms with Crippen LogP contribution in [0.2, 0.25) is 0 Å². The van der Waals surface area contributed by atoms with Gasteiger partial charge in [0.05, 0.1) is 12.5 Å². The Balaban J connectivity index is 1.25. The molecule has 2 N–H and O–H groups in total. The van der Waals surface area contributed by atoms with E-state index >= 15 is 0 Å². The highest BCUT2D eigenvalue weighted by atomic mass is 16.5. The maximum atomic E-state index is 13.1. The molecule has 0 atom stereocenters. The molecule has 0 unspecified atom stereocenters. The number of nitrogens with zero attached hydrogens (tertiary/aromatic N) is 4. The SMILES string of the molecule is COc1ccccc1C1(C(=O)Nc2ccc(Nc3ccc(-n4cccn4)nn3)cc2)CC1. The molecule has 2 aromatic heterocycles. The average Bonchev–Trinajstić information content (AvgIpc) is 3.47. The van der Waals surface area contributed by atoms with E-state index in [9.17, 15) is 4.79 Å². The second kappa shape index (κ2) is 8.14. The van der Waals surface area contributed by atoms with Crippen LogP contribution in [0.15, 0.2) is 79.1 Å². The lowest BCUT2D eigenvalue weighted by Gasteiger charge is -2.18. The highest BCUT2D eigenvalue weighted by Gasteiger charge is 2.52. The van der Waals surface area contributed by atoms with Gasteiger partial charge in [-0.3, -0.25) is 4.79 Å². The molecule has 160 valence electrons. The lowest BCUT2D eigenvalue weighted by molar-refractivity contribution is -0.118. The van der Waals surface area contributed by atoms with Gasteiger partial charge in [-0.15, -0.1) is 10.2 Å². The summed E-state index contributed by atoms with van der Waals surface area (Å²) in [5, 5.41) is 18.8. The van der Waals surface area contributed by atoms with E-state index in [1.165, 1.54) is 0 Å². The predicted octanol–water partition coefficient (Wildman–Crippen LogP) is 4.08. The zero-order valence-corrected chi connectivity index (χ0v) is 17.5. The fourth-order valence-corrected chi connectivity index (χ4v) is 3.74. The minimum absolute atomic E-state index is 0.0113. The van der Waals surface area contributed by atoms with Gasteiger partial charge < -0.3 is 15.4 Å². The Bertz CT molecular complexity index is 1220. The third-order valence-electron chi connectivity index (χ3n) is 5.61. The number of methoxy groups -OCH3 is 1. The topological polar surface area (TPSA) is 94.0 Å². The van der Waals surface area contributed by atoms with Crippen LogP contribution in [0.4, 0.5) is 17.2 Å². The first-order valence-corrected chi connectivity index (χ1v) is 10.3. The number of benzene rings is 2. The number of ether oxygens (including phenoxy) is 1. The second-order valence-corrected chi connectivity index (χ2v) is 7.67. The fourth-order valence-electron chi connectivity index (χ4n) is 3.74. The molecule has 0 bridgehead atoms. The molecule has 1 saturated carbocycles. The second-order valence-electron chi connectivity index (χ2n) is 7.67. The summed E-state index contributed by atoms with van der Waals surface area (Å²) >= 11 is 0. The molecule has 1 fully saturated rings. The molecule has 0 saturated heterocycles. The summed E-state index contributed by atoms with van der Waals surface area (Å²) in [4.78, 5) is 13.1. The van der Waals surface area contributed by atoms with E-state index < -0.39 is 5.41 Å². The van der Waals surface area contributed by atoms with Gasteiger partial charge in [-0.2, -0.15) is 5.10 Å². The quantitative estimate of drug-likeness (QED) is 0.462. The summed E-state index contributed by atoms with van der Waals surface area (Å²) in [6, 6.07) is 20.7. The maximum Gasteiger partial charge on any atom is 0.235 e. The number of para-hydroxylation sites is 1. The number of rotatable bonds is 7. The minimum atomic E-state index is -0.518. The molecule has 1 aliphatic rings. The number of nitrogens with one attached hydrogen (secondary N) is 2. The predicted molar refractivity (Wildman–Crippen MR) is 121 cm³/mol.